The van der Waals surface area contributed by atoms with Crippen molar-refractivity contribution >= 4 is 40.3 Å². The Morgan fingerprint density at radius 2 is 2.06 bits per heavy atom. The average Bonchev–Trinajstić information content (AvgIpc) is 2.76. The molecule has 0 bridgehead atoms. The Morgan fingerprint density at radius 3 is 2.77 bits per heavy atom. The van der Waals surface area contributed by atoms with Crippen LogP contribution in [0, 0.1) is 5.82 Å². The minimum Gasteiger partial charge on any atom is -0.352 e. The van der Waals surface area contributed by atoms with Crippen molar-refractivity contribution in [3.8, 4) is 0 Å². The summed E-state index contributed by atoms with van der Waals surface area (Å²) in [7, 11) is 0. The van der Waals surface area contributed by atoms with Crippen molar-refractivity contribution in [1.82, 2.24) is 19.9 Å². The summed E-state index contributed by atoms with van der Waals surface area (Å²) in [5.41, 5.74) is 1.51. The molecule has 1 aromatic carbocycles. The van der Waals surface area contributed by atoms with Gasteiger partial charge >= 0.3 is 6.03 Å². The fourth-order valence-electron chi connectivity index (χ4n) is 3.72. The van der Waals surface area contributed by atoms with E-state index < -0.39 is 5.82 Å². The van der Waals surface area contributed by atoms with Crippen LogP contribution in [-0.2, 0) is 6.54 Å². The number of hydrogen-bond donors (Lipinski definition) is 2. The number of fused-ring (bicyclic) bond motifs is 1. The van der Waals surface area contributed by atoms with Crippen molar-refractivity contribution in [3.63, 3.8) is 0 Å². The molecule has 0 aliphatic carbocycles. The van der Waals surface area contributed by atoms with Crippen LogP contribution in [0.2, 0.25) is 5.02 Å². The molecule has 1 fully saturated rings. The molecule has 1 aliphatic heterocycles. The SMILES string of the molecule is CCn1c(=O)c(N2CCC(NC(=O)Nc3ccc(F)c(Cl)c3)CC2)nc2cccnc21. The lowest BCUT2D eigenvalue weighted by Crippen LogP contribution is -2.47. The van der Waals surface area contributed by atoms with Crippen molar-refractivity contribution in [3.05, 3.63) is 57.7 Å². The van der Waals surface area contributed by atoms with Crippen LogP contribution in [0.4, 0.5) is 20.7 Å². The average molecular weight is 445 g/mol. The Bertz CT molecular complexity index is 1180. The van der Waals surface area contributed by atoms with Crippen LogP contribution >= 0.6 is 11.6 Å². The molecule has 0 radical (unpaired) electrons. The molecule has 2 amide bonds. The van der Waals surface area contributed by atoms with Gasteiger partial charge < -0.3 is 15.5 Å². The molecule has 2 N–H and O–H groups in total. The molecule has 10 heteroatoms. The van der Waals surface area contributed by atoms with Gasteiger partial charge in [-0.3, -0.25) is 9.36 Å². The number of piperidine rings is 1. The molecule has 8 nitrogen and oxygen atoms in total. The quantitative estimate of drug-likeness (QED) is 0.643. The number of aryl methyl sites for hydroxylation is 1. The first-order chi connectivity index (χ1) is 15.0. The van der Waals surface area contributed by atoms with Gasteiger partial charge in [-0.1, -0.05) is 11.6 Å². The second-order valence-corrected chi connectivity index (χ2v) is 7.73. The van der Waals surface area contributed by atoms with E-state index in [0.29, 0.717) is 55.1 Å². The molecule has 0 unspecified atom stereocenters. The summed E-state index contributed by atoms with van der Waals surface area (Å²) >= 11 is 5.74. The summed E-state index contributed by atoms with van der Waals surface area (Å²) in [5.74, 6) is -0.133. The summed E-state index contributed by atoms with van der Waals surface area (Å²) in [6.45, 7) is 3.59. The van der Waals surface area contributed by atoms with E-state index in [1.165, 1.54) is 18.2 Å². The Labute approximate surface area is 183 Å². The summed E-state index contributed by atoms with van der Waals surface area (Å²) in [6.07, 6.45) is 2.98. The molecule has 0 atom stereocenters. The number of carbonyl (C=O) groups is 1. The number of hydrogen-bond acceptors (Lipinski definition) is 5. The highest BCUT2D eigenvalue weighted by molar-refractivity contribution is 6.31. The molecule has 162 valence electrons. The first kappa shape index (κ1) is 21.0. The van der Waals surface area contributed by atoms with Crippen LogP contribution in [-0.4, -0.2) is 39.7 Å². The topological polar surface area (TPSA) is 92.2 Å². The fraction of sp³-hybridized carbons (Fsp3) is 0.333. The summed E-state index contributed by atoms with van der Waals surface area (Å²) < 4.78 is 14.9. The lowest BCUT2D eigenvalue weighted by Gasteiger charge is -2.33. The van der Waals surface area contributed by atoms with Crippen molar-refractivity contribution in [2.45, 2.75) is 32.4 Å². The van der Waals surface area contributed by atoms with E-state index in [-0.39, 0.29) is 22.7 Å². The van der Waals surface area contributed by atoms with Gasteiger partial charge in [-0.15, -0.1) is 0 Å². The van der Waals surface area contributed by atoms with E-state index in [4.69, 9.17) is 11.6 Å². The highest BCUT2D eigenvalue weighted by atomic mass is 35.5. The molecule has 3 heterocycles. The monoisotopic (exact) mass is 444 g/mol. The Hall–Kier alpha value is -3.20. The minimum absolute atomic E-state index is 0.0531. The maximum Gasteiger partial charge on any atom is 0.319 e. The number of halogens is 2. The molecule has 4 rings (SSSR count). The van der Waals surface area contributed by atoms with E-state index in [2.05, 4.69) is 20.6 Å². The van der Waals surface area contributed by atoms with Gasteiger partial charge in [0.15, 0.2) is 11.5 Å². The van der Waals surface area contributed by atoms with Gasteiger partial charge in [0.1, 0.15) is 11.3 Å². The minimum atomic E-state index is -0.541. The first-order valence-electron chi connectivity index (χ1n) is 10.1. The number of amides is 2. The second-order valence-electron chi connectivity index (χ2n) is 7.32. The van der Waals surface area contributed by atoms with E-state index in [0.717, 1.165) is 0 Å². The van der Waals surface area contributed by atoms with Gasteiger partial charge in [-0.25, -0.2) is 19.2 Å². The van der Waals surface area contributed by atoms with Gasteiger partial charge in [-0.2, -0.15) is 0 Å². The van der Waals surface area contributed by atoms with Crippen LogP contribution in [0.3, 0.4) is 0 Å². The van der Waals surface area contributed by atoms with Gasteiger partial charge in [0.2, 0.25) is 0 Å². The van der Waals surface area contributed by atoms with E-state index in [1.54, 1.807) is 16.8 Å². The number of benzene rings is 1. The third-order valence-electron chi connectivity index (χ3n) is 5.31. The van der Waals surface area contributed by atoms with E-state index >= 15 is 0 Å². The largest absolute Gasteiger partial charge is 0.352 e. The molecular weight excluding hydrogens is 423 g/mol. The van der Waals surface area contributed by atoms with Gasteiger partial charge in [0.25, 0.3) is 5.56 Å². The molecule has 0 spiro atoms. The van der Waals surface area contributed by atoms with Gasteiger partial charge in [0.05, 0.1) is 5.02 Å². The molecule has 2 aromatic heterocycles. The van der Waals surface area contributed by atoms with Crippen molar-refractivity contribution in [2.24, 2.45) is 0 Å². The number of rotatable bonds is 4. The predicted molar refractivity (Wildman–Crippen MR) is 118 cm³/mol. The normalized spacial score (nSPS) is 14.6. The maximum atomic E-state index is 13.3. The van der Waals surface area contributed by atoms with Crippen LogP contribution in [0.15, 0.2) is 41.3 Å². The number of pyridine rings is 1. The number of carbonyl (C=O) groups excluding carboxylic acids is 1. The zero-order chi connectivity index (χ0) is 22.0. The van der Waals surface area contributed by atoms with Crippen molar-refractivity contribution in [1.29, 1.82) is 0 Å². The number of urea groups is 1. The summed E-state index contributed by atoms with van der Waals surface area (Å²) in [4.78, 5) is 36.0. The number of nitrogens with zero attached hydrogens (tertiary/aromatic N) is 4. The maximum absolute atomic E-state index is 13.3. The lowest BCUT2D eigenvalue weighted by atomic mass is 10.1. The molecule has 3 aromatic rings. The third kappa shape index (κ3) is 4.46. The van der Waals surface area contributed by atoms with Crippen LogP contribution in [0.25, 0.3) is 11.2 Å². The summed E-state index contributed by atoms with van der Waals surface area (Å²) in [6, 6.07) is 7.21. The van der Waals surface area contributed by atoms with Crippen molar-refractivity contribution < 1.29 is 9.18 Å². The Kier molecular flexibility index (Phi) is 6.03. The van der Waals surface area contributed by atoms with Crippen LogP contribution in [0.1, 0.15) is 19.8 Å². The second kappa shape index (κ2) is 8.89. The van der Waals surface area contributed by atoms with Crippen molar-refractivity contribution in [2.75, 3.05) is 23.3 Å². The molecule has 1 aliphatic rings. The number of anilines is 2. The molecule has 0 saturated carbocycles. The van der Waals surface area contributed by atoms with E-state index in [1.807, 2.05) is 17.9 Å². The number of nitrogens with one attached hydrogen (secondary N) is 2. The predicted octanol–water partition coefficient (Wildman–Crippen LogP) is 3.39. The zero-order valence-electron chi connectivity index (χ0n) is 16.9. The third-order valence-corrected chi connectivity index (χ3v) is 5.60. The zero-order valence-corrected chi connectivity index (χ0v) is 17.7. The first-order valence-corrected chi connectivity index (χ1v) is 10.5. The lowest BCUT2D eigenvalue weighted by molar-refractivity contribution is 0.246. The van der Waals surface area contributed by atoms with Gasteiger partial charge in [-0.05, 0) is 50.1 Å². The number of aromatic nitrogens is 3. The molecule has 1 saturated heterocycles. The van der Waals surface area contributed by atoms with Crippen LogP contribution in [0.5, 0.6) is 0 Å². The Morgan fingerprint density at radius 1 is 1.29 bits per heavy atom. The Balaban J connectivity index is 1.41. The van der Waals surface area contributed by atoms with Crippen LogP contribution < -0.4 is 21.1 Å². The molecule has 31 heavy (non-hydrogen) atoms. The smallest absolute Gasteiger partial charge is 0.319 e. The highest BCUT2D eigenvalue weighted by Crippen LogP contribution is 2.20. The fourth-order valence-corrected chi connectivity index (χ4v) is 3.90. The summed E-state index contributed by atoms with van der Waals surface area (Å²) in [5, 5.41) is 5.52. The van der Waals surface area contributed by atoms with Gasteiger partial charge in [0, 0.05) is 37.6 Å². The highest BCUT2D eigenvalue weighted by Gasteiger charge is 2.24. The standard InChI is InChI=1S/C21H22ClFN6O2/c1-2-29-18-17(4-3-9-24-18)27-19(20(29)30)28-10-7-13(8-11-28)25-21(31)26-14-5-6-16(23)15(22)12-14/h3-6,9,12-13H,2,7-8,10-11H2,1H3,(H2,25,26,31). The molecular formula is C21H22ClFN6O2. The van der Waals surface area contributed by atoms with E-state index in [9.17, 15) is 14.0 Å².